The Morgan fingerprint density at radius 2 is 1.84 bits per heavy atom. The van der Waals surface area contributed by atoms with E-state index in [1.54, 1.807) is 30.6 Å². The maximum atomic E-state index is 12.6. The fourth-order valence-corrected chi connectivity index (χ4v) is 2.77. The molecule has 1 aromatic carbocycles. The molecule has 0 aliphatic carbocycles. The van der Waals surface area contributed by atoms with Crippen molar-refractivity contribution in [2.45, 2.75) is 26.3 Å². The minimum Gasteiger partial charge on any atom is -0.412 e. The maximum absolute atomic E-state index is 12.6. The number of hydrogen-bond donors (Lipinski definition) is 4. The molecule has 0 bridgehead atoms. The van der Waals surface area contributed by atoms with Gasteiger partial charge >= 0.3 is 0 Å². The molecule has 0 saturated carbocycles. The van der Waals surface area contributed by atoms with Crippen LogP contribution in [-0.4, -0.2) is 39.3 Å². The van der Waals surface area contributed by atoms with Crippen molar-refractivity contribution in [3.8, 4) is 0 Å². The van der Waals surface area contributed by atoms with Crippen LogP contribution in [0.1, 0.15) is 42.2 Å². The summed E-state index contributed by atoms with van der Waals surface area (Å²) >= 11 is 0. The first-order valence-corrected chi connectivity index (χ1v) is 8.98. The monoisotopic (exact) mass is 472 g/mol. The Labute approximate surface area is 193 Å². The van der Waals surface area contributed by atoms with Gasteiger partial charge in [-0.3, -0.25) is 9.79 Å². The highest BCUT2D eigenvalue weighted by molar-refractivity contribution is 6.08. The molecule has 9 nitrogen and oxygen atoms in total. The Hall–Kier alpha value is -2.85. The average molecular weight is 473 g/mol. The number of guanidine groups is 1. The van der Waals surface area contributed by atoms with E-state index >= 15 is 0 Å². The van der Waals surface area contributed by atoms with Crippen molar-refractivity contribution < 1.29 is 15.7 Å². The van der Waals surface area contributed by atoms with Crippen LogP contribution in [0, 0.1) is 0 Å². The van der Waals surface area contributed by atoms with Crippen LogP contribution in [0.5, 0.6) is 0 Å². The Morgan fingerprint density at radius 3 is 2.48 bits per heavy atom. The first kappa shape index (κ1) is 30.3. The topological polar surface area (TPSA) is 171 Å². The third kappa shape index (κ3) is 7.72. The number of benzene rings is 1. The van der Waals surface area contributed by atoms with Crippen LogP contribution >= 0.6 is 24.8 Å². The third-order valence-electron chi connectivity index (χ3n) is 4.25. The molecule has 31 heavy (non-hydrogen) atoms. The molecule has 3 aromatic rings. The van der Waals surface area contributed by atoms with Gasteiger partial charge in [-0.1, -0.05) is 19.1 Å². The Morgan fingerprint density at radius 1 is 1.16 bits per heavy atom. The molecule has 0 unspecified atom stereocenters. The number of halogens is 2. The van der Waals surface area contributed by atoms with E-state index in [4.69, 9.17) is 5.73 Å². The van der Waals surface area contributed by atoms with Crippen molar-refractivity contribution in [3.63, 3.8) is 0 Å². The molecule has 172 valence electrons. The lowest BCUT2D eigenvalue weighted by molar-refractivity contribution is 0.102. The summed E-state index contributed by atoms with van der Waals surface area (Å²) in [5.74, 6) is 0.263. The molecule has 11 heteroatoms. The summed E-state index contributed by atoms with van der Waals surface area (Å²) < 4.78 is 0. The van der Waals surface area contributed by atoms with Gasteiger partial charge in [0.1, 0.15) is 5.65 Å². The Balaban J connectivity index is 0. The third-order valence-corrected chi connectivity index (χ3v) is 4.25. The summed E-state index contributed by atoms with van der Waals surface area (Å²) in [7, 11) is 0. The number of aromatic nitrogens is 2. The predicted octanol–water partition coefficient (Wildman–Crippen LogP) is 2.38. The number of H-pyrrole nitrogens is 1. The fourth-order valence-electron chi connectivity index (χ4n) is 2.77. The van der Waals surface area contributed by atoms with Crippen molar-refractivity contribution in [1.82, 2.24) is 15.3 Å². The van der Waals surface area contributed by atoms with Gasteiger partial charge in [-0.05, 0) is 43.2 Å². The van der Waals surface area contributed by atoms with Crippen LogP contribution in [0.4, 0.5) is 5.69 Å². The lowest BCUT2D eigenvalue weighted by Gasteiger charge is -2.15. The zero-order valence-electron chi connectivity index (χ0n) is 17.3. The van der Waals surface area contributed by atoms with E-state index in [1.165, 1.54) is 0 Å². The molecule has 0 saturated heterocycles. The smallest absolute Gasteiger partial charge is 0.255 e. The van der Waals surface area contributed by atoms with Crippen molar-refractivity contribution >= 4 is 53.4 Å². The summed E-state index contributed by atoms with van der Waals surface area (Å²) in [6, 6.07) is 11.1. The van der Waals surface area contributed by atoms with E-state index in [0.29, 0.717) is 18.1 Å². The predicted molar refractivity (Wildman–Crippen MR) is 131 cm³/mol. The highest BCUT2D eigenvalue weighted by atomic mass is 35.5. The molecule has 0 aliphatic heterocycles. The van der Waals surface area contributed by atoms with Gasteiger partial charge in [-0.2, -0.15) is 0 Å². The van der Waals surface area contributed by atoms with E-state index in [2.05, 4.69) is 32.5 Å². The van der Waals surface area contributed by atoms with Crippen LogP contribution in [-0.2, 0) is 0 Å². The fraction of sp³-hybridized carbons (Fsp3) is 0.250. The zero-order valence-corrected chi connectivity index (χ0v) is 18.9. The average Bonchev–Trinajstić information content (AvgIpc) is 3.16. The van der Waals surface area contributed by atoms with Gasteiger partial charge in [0.25, 0.3) is 5.91 Å². The van der Waals surface area contributed by atoms with Gasteiger partial charge in [0.05, 0.1) is 11.7 Å². The van der Waals surface area contributed by atoms with Crippen LogP contribution in [0.25, 0.3) is 11.0 Å². The molecule has 2 aromatic heterocycles. The second-order valence-electron chi connectivity index (χ2n) is 6.31. The van der Waals surface area contributed by atoms with E-state index < -0.39 is 0 Å². The zero-order chi connectivity index (χ0) is 19.2. The molecule has 0 fully saturated rings. The summed E-state index contributed by atoms with van der Waals surface area (Å²) in [4.78, 5) is 24.0. The number of nitrogens with zero attached hydrogens (tertiary/aromatic N) is 2. The van der Waals surface area contributed by atoms with Crippen LogP contribution < -0.4 is 16.4 Å². The number of fused-ring (bicyclic) bond motifs is 1. The van der Waals surface area contributed by atoms with E-state index in [1.807, 2.05) is 25.1 Å². The number of aliphatic imine (C=N–C) groups is 1. The van der Waals surface area contributed by atoms with Crippen LogP contribution in [0.2, 0.25) is 0 Å². The molecule has 2 heterocycles. The summed E-state index contributed by atoms with van der Waals surface area (Å²) in [6.45, 7) is 4.76. The molecule has 1 atom stereocenters. The van der Waals surface area contributed by atoms with Gasteiger partial charge in [-0.15, -0.1) is 24.8 Å². The van der Waals surface area contributed by atoms with Gasteiger partial charge in [-0.25, -0.2) is 4.98 Å². The quantitative estimate of drug-likeness (QED) is 0.318. The Bertz CT molecular complexity index is 963. The van der Waals surface area contributed by atoms with Crippen molar-refractivity contribution in [3.05, 3.63) is 59.9 Å². The van der Waals surface area contributed by atoms with Gasteiger partial charge < -0.3 is 32.3 Å². The van der Waals surface area contributed by atoms with E-state index in [9.17, 15) is 4.79 Å². The summed E-state index contributed by atoms with van der Waals surface area (Å²) in [5.41, 5.74) is 8.94. The number of pyridine rings is 1. The van der Waals surface area contributed by atoms with E-state index in [-0.39, 0.29) is 47.7 Å². The molecule has 3 rings (SSSR count). The van der Waals surface area contributed by atoms with Gasteiger partial charge in [0, 0.05) is 29.9 Å². The second kappa shape index (κ2) is 14.2. The number of amides is 1. The number of nitrogens with two attached hydrogens (primary N) is 1. The number of rotatable bonds is 6. The van der Waals surface area contributed by atoms with Crippen molar-refractivity contribution in [2.24, 2.45) is 10.7 Å². The SMILES string of the molecule is CCCN=C(N)N[C@H](C)c1ccc(C(=O)Nc2ccnc3[nH]ccc23)cc1.Cl.Cl.O.O. The minimum absolute atomic E-state index is 0. The highest BCUT2D eigenvalue weighted by Crippen LogP contribution is 2.21. The normalized spacial score (nSPS) is 11.1. The van der Waals surface area contributed by atoms with Gasteiger partial charge in [0.2, 0.25) is 0 Å². The van der Waals surface area contributed by atoms with E-state index in [0.717, 1.165) is 28.7 Å². The standard InChI is InChI=1S/C20H24N6O.2ClH.2H2O/c1-3-10-24-20(21)25-13(2)14-4-6-15(7-5-14)19(27)26-17-9-12-23-18-16(17)8-11-22-18;;;;/h4-9,11-13H,3,10H2,1-2H3,(H3,21,24,25)(H2,22,23,26,27);2*1H;2*1H2/t13-;;;;/m1..../s1. The van der Waals surface area contributed by atoms with Crippen LogP contribution in [0.15, 0.2) is 53.8 Å². The molecular weight excluding hydrogens is 443 g/mol. The minimum atomic E-state index is -0.167. The first-order valence-electron chi connectivity index (χ1n) is 8.98. The number of carbonyl (C=O) groups is 1. The molecule has 0 spiro atoms. The lowest BCUT2D eigenvalue weighted by atomic mass is 10.1. The maximum Gasteiger partial charge on any atom is 0.255 e. The first-order chi connectivity index (χ1) is 13.1. The summed E-state index contributed by atoms with van der Waals surface area (Å²) in [6.07, 6.45) is 4.41. The molecule has 0 aliphatic rings. The number of nitrogens with one attached hydrogen (secondary N) is 3. The van der Waals surface area contributed by atoms with Crippen molar-refractivity contribution in [2.75, 3.05) is 11.9 Å². The van der Waals surface area contributed by atoms with Crippen LogP contribution in [0.3, 0.4) is 0 Å². The lowest BCUT2D eigenvalue weighted by Crippen LogP contribution is -2.34. The molecule has 1 amide bonds. The Kier molecular flexibility index (Phi) is 13.9. The van der Waals surface area contributed by atoms with Gasteiger partial charge in [0.15, 0.2) is 5.96 Å². The number of aromatic amines is 1. The number of anilines is 1. The number of carbonyl (C=O) groups excluding carboxylic acids is 1. The second-order valence-corrected chi connectivity index (χ2v) is 6.31. The molecule has 9 N–H and O–H groups in total. The van der Waals surface area contributed by atoms with Crippen molar-refractivity contribution in [1.29, 1.82) is 0 Å². The molecular formula is C20H30Cl2N6O3. The number of hydrogen-bond acceptors (Lipinski definition) is 3. The highest BCUT2D eigenvalue weighted by Gasteiger charge is 2.11. The largest absolute Gasteiger partial charge is 0.412 e. The summed E-state index contributed by atoms with van der Waals surface area (Å²) in [5, 5.41) is 6.97. The molecule has 0 radical (unpaired) electrons.